The zero-order valence-electron chi connectivity index (χ0n) is 6.56. The predicted molar refractivity (Wildman–Crippen MR) is 41.8 cm³/mol. The molecule has 5 nitrogen and oxygen atoms in total. The van der Waals surface area contributed by atoms with Crippen molar-refractivity contribution in [3.05, 3.63) is 0 Å². The minimum absolute atomic E-state index is 0.365. The van der Waals surface area contributed by atoms with E-state index in [1.54, 1.807) is 6.07 Å². The molecule has 1 saturated heterocycles. The van der Waals surface area contributed by atoms with Gasteiger partial charge in [0.15, 0.2) is 5.75 Å². The minimum atomic E-state index is -3.34. The Kier molecular flexibility index (Phi) is 3.03. The quantitative estimate of drug-likeness (QED) is 0.570. The van der Waals surface area contributed by atoms with E-state index >= 15 is 0 Å². The third-order valence-corrected chi connectivity index (χ3v) is 3.26. The largest absolute Gasteiger partial charge is 0.379 e. The highest BCUT2D eigenvalue weighted by atomic mass is 32.2. The highest BCUT2D eigenvalue weighted by Gasteiger charge is 2.23. The fraction of sp³-hybridized carbons (Fsp3) is 0.833. The number of nitrogens with zero attached hydrogens (tertiary/aromatic N) is 2. The molecule has 0 bridgehead atoms. The molecule has 0 atom stereocenters. The molecule has 0 spiro atoms. The van der Waals surface area contributed by atoms with E-state index in [-0.39, 0.29) is 0 Å². The van der Waals surface area contributed by atoms with Gasteiger partial charge in [-0.15, -0.1) is 0 Å². The molecule has 1 heterocycles. The van der Waals surface area contributed by atoms with Gasteiger partial charge in [0, 0.05) is 13.1 Å². The molecule has 0 amide bonds. The van der Waals surface area contributed by atoms with Gasteiger partial charge in [-0.05, 0) is 0 Å². The molecule has 1 fully saturated rings. The first-order valence-electron chi connectivity index (χ1n) is 3.59. The average Bonchev–Trinajstić information content (AvgIpc) is 2.06. The summed E-state index contributed by atoms with van der Waals surface area (Å²) in [4.78, 5) is 0. The Bertz CT molecular complexity index is 274. The highest BCUT2D eigenvalue weighted by Crippen LogP contribution is 2.04. The van der Waals surface area contributed by atoms with Crippen LogP contribution in [0, 0.1) is 11.3 Å². The van der Waals surface area contributed by atoms with Gasteiger partial charge < -0.3 is 4.74 Å². The van der Waals surface area contributed by atoms with E-state index in [9.17, 15) is 8.42 Å². The van der Waals surface area contributed by atoms with Gasteiger partial charge in [0.2, 0.25) is 10.0 Å². The van der Waals surface area contributed by atoms with Crippen molar-refractivity contribution in [1.29, 1.82) is 5.26 Å². The van der Waals surface area contributed by atoms with Gasteiger partial charge >= 0.3 is 0 Å². The summed E-state index contributed by atoms with van der Waals surface area (Å²) in [6, 6.07) is 1.63. The number of rotatable bonds is 2. The third kappa shape index (κ3) is 2.17. The number of hydrogen-bond donors (Lipinski definition) is 0. The van der Waals surface area contributed by atoms with Crippen molar-refractivity contribution in [2.75, 3.05) is 32.1 Å². The van der Waals surface area contributed by atoms with E-state index in [0.29, 0.717) is 26.3 Å². The topological polar surface area (TPSA) is 70.4 Å². The molecule has 0 aliphatic carbocycles. The standard InChI is InChI=1S/C6H10N2O3S/c7-1-6-12(9,10)8-2-4-11-5-3-8/h2-6H2. The van der Waals surface area contributed by atoms with Crippen LogP contribution in [0.3, 0.4) is 0 Å². The summed E-state index contributed by atoms with van der Waals surface area (Å²) in [6.45, 7) is 1.57. The SMILES string of the molecule is N#CCS(=O)(=O)N1CCOCC1. The number of sulfonamides is 1. The maximum absolute atomic E-state index is 11.2. The Morgan fingerprint density at radius 3 is 2.50 bits per heavy atom. The lowest BCUT2D eigenvalue weighted by molar-refractivity contribution is 0.0732. The van der Waals surface area contributed by atoms with E-state index in [0.717, 1.165) is 0 Å². The molecule has 0 radical (unpaired) electrons. The molecule has 0 aromatic carbocycles. The molecule has 1 rings (SSSR count). The van der Waals surface area contributed by atoms with Gasteiger partial charge in [-0.3, -0.25) is 0 Å². The fourth-order valence-electron chi connectivity index (χ4n) is 0.998. The van der Waals surface area contributed by atoms with Gasteiger partial charge in [-0.2, -0.15) is 9.57 Å². The van der Waals surface area contributed by atoms with Crippen LogP contribution < -0.4 is 0 Å². The van der Waals surface area contributed by atoms with Gasteiger partial charge in [-0.25, -0.2) is 8.42 Å². The fourth-order valence-corrected chi connectivity index (χ4v) is 2.05. The molecule has 0 aromatic heterocycles. The van der Waals surface area contributed by atoms with Crippen LogP contribution in [0.15, 0.2) is 0 Å². The molecular formula is C6H10N2O3S. The lowest BCUT2D eigenvalue weighted by Crippen LogP contribution is -2.41. The summed E-state index contributed by atoms with van der Waals surface area (Å²) < 4.78 is 28.7. The third-order valence-electron chi connectivity index (χ3n) is 1.61. The molecule has 0 unspecified atom stereocenters. The van der Waals surface area contributed by atoms with E-state index in [2.05, 4.69) is 0 Å². The molecule has 0 saturated carbocycles. The summed E-state index contributed by atoms with van der Waals surface area (Å²) in [5, 5.41) is 8.25. The Balaban J connectivity index is 2.62. The Morgan fingerprint density at radius 1 is 1.42 bits per heavy atom. The van der Waals surface area contributed by atoms with Crippen LogP contribution >= 0.6 is 0 Å². The summed E-state index contributed by atoms with van der Waals surface area (Å²) >= 11 is 0. The maximum Gasteiger partial charge on any atom is 0.227 e. The Morgan fingerprint density at radius 2 is 2.00 bits per heavy atom. The molecule has 0 N–H and O–H groups in total. The molecular weight excluding hydrogens is 180 g/mol. The van der Waals surface area contributed by atoms with Gasteiger partial charge in [0.25, 0.3) is 0 Å². The van der Waals surface area contributed by atoms with E-state index < -0.39 is 15.8 Å². The number of morpholine rings is 1. The number of ether oxygens (including phenoxy) is 1. The zero-order chi connectivity index (χ0) is 9.03. The van der Waals surface area contributed by atoms with Gasteiger partial charge in [-0.1, -0.05) is 0 Å². The van der Waals surface area contributed by atoms with Crippen LogP contribution in [0.1, 0.15) is 0 Å². The van der Waals surface area contributed by atoms with Crippen molar-refractivity contribution in [2.45, 2.75) is 0 Å². The second-order valence-electron chi connectivity index (χ2n) is 2.43. The van der Waals surface area contributed by atoms with Gasteiger partial charge in [0.05, 0.1) is 19.3 Å². The predicted octanol–water partition coefficient (Wildman–Crippen LogP) is -0.828. The minimum Gasteiger partial charge on any atom is -0.379 e. The molecule has 0 aromatic rings. The molecule has 1 aliphatic heterocycles. The molecule has 68 valence electrons. The zero-order valence-corrected chi connectivity index (χ0v) is 7.38. The van der Waals surface area contributed by atoms with Crippen LogP contribution in [0.4, 0.5) is 0 Å². The molecule has 12 heavy (non-hydrogen) atoms. The van der Waals surface area contributed by atoms with Crippen LogP contribution in [0.5, 0.6) is 0 Å². The smallest absolute Gasteiger partial charge is 0.227 e. The average molecular weight is 190 g/mol. The summed E-state index contributed by atoms with van der Waals surface area (Å²) in [6.07, 6.45) is 0. The summed E-state index contributed by atoms with van der Waals surface area (Å²) in [5.74, 6) is -0.438. The van der Waals surface area contributed by atoms with Crippen molar-refractivity contribution in [3.8, 4) is 6.07 Å². The van der Waals surface area contributed by atoms with Crippen molar-refractivity contribution in [3.63, 3.8) is 0 Å². The van der Waals surface area contributed by atoms with E-state index in [4.69, 9.17) is 10.00 Å². The number of hydrogen-bond acceptors (Lipinski definition) is 4. The lowest BCUT2D eigenvalue weighted by Gasteiger charge is -2.24. The first kappa shape index (κ1) is 9.45. The highest BCUT2D eigenvalue weighted by molar-refractivity contribution is 7.89. The van der Waals surface area contributed by atoms with Crippen molar-refractivity contribution in [1.82, 2.24) is 4.31 Å². The monoisotopic (exact) mass is 190 g/mol. The summed E-state index contributed by atoms with van der Waals surface area (Å²) in [7, 11) is -3.34. The van der Waals surface area contributed by atoms with Crippen molar-refractivity contribution >= 4 is 10.0 Å². The van der Waals surface area contributed by atoms with Crippen molar-refractivity contribution < 1.29 is 13.2 Å². The Hall–Kier alpha value is -0.640. The second kappa shape index (κ2) is 3.85. The second-order valence-corrected chi connectivity index (χ2v) is 4.39. The van der Waals surface area contributed by atoms with Gasteiger partial charge in [0.1, 0.15) is 0 Å². The van der Waals surface area contributed by atoms with Crippen molar-refractivity contribution in [2.24, 2.45) is 0 Å². The molecule has 1 aliphatic rings. The van der Waals surface area contributed by atoms with Crippen LogP contribution in [-0.2, 0) is 14.8 Å². The van der Waals surface area contributed by atoms with E-state index in [1.165, 1.54) is 4.31 Å². The Labute approximate surface area is 71.6 Å². The normalized spacial score (nSPS) is 20.2. The first-order chi connectivity index (χ1) is 5.67. The maximum atomic E-state index is 11.2. The van der Waals surface area contributed by atoms with E-state index in [1.807, 2.05) is 0 Å². The molecule has 6 heteroatoms. The van der Waals surface area contributed by atoms with Crippen LogP contribution in [0.25, 0.3) is 0 Å². The first-order valence-corrected chi connectivity index (χ1v) is 5.20. The van der Waals surface area contributed by atoms with Crippen LogP contribution in [-0.4, -0.2) is 44.8 Å². The lowest BCUT2D eigenvalue weighted by atomic mass is 10.5. The number of nitriles is 1. The van der Waals surface area contributed by atoms with Crippen LogP contribution in [0.2, 0.25) is 0 Å². The summed E-state index contributed by atoms with van der Waals surface area (Å²) in [5.41, 5.74) is 0.